The highest BCUT2D eigenvalue weighted by Gasteiger charge is 2.34. The van der Waals surface area contributed by atoms with Gasteiger partial charge in [0, 0.05) is 11.6 Å². The molecule has 1 aromatic carbocycles. The lowest BCUT2D eigenvalue weighted by molar-refractivity contribution is 0.346. The summed E-state index contributed by atoms with van der Waals surface area (Å²) in [5, 5.41) is 3.68. The molecule has 2 rings (SSSR count). The van der Waals surface area contributed by atoms with Crippen molar-refractivity contribution in [2.24, 2.45) is 0 Å². The fourth-order valence-corrected chi connectivity index (χ4v) is 2.92. The van der Waals surface area contributed by atoms with Crippen LogP contribution in [0.15, 0.2) is 18.2 Å². The number of benzene rings is 1. The van der Waals surface area contributed by atoms with Crippen molar-refractivity contribution < 1.29 is 9.47 Å². The third-order valence-corrected chi connectivity index (χ3v) is 3.82. The van der Waals surface area contributed by atoms with Crippen LogP contribution < -0.4 is 14.8 Å². The molecule has 1 N–H and O–H groups in total. The largest absolute Gasteiger partial charge is 0.497 e. The van der Waals surface area contributed by atoms with E-state index in [2.05, 4.69) is 24.4 Å². The molecule has 0 saturated carbocycles. The third kappa shape index (κ3) is 2.46. The van der Waals surface area contributed by atoms with Crippen molar-refractivity contribution in [2.75, 3.05) is 20.8 Å². The lowest BCUT2D eigenvalue weighted by Gasteiger charge is -2.30. The maximum absolute atomic E-state index is 5.37. The van der Waals surface area contributed by atoms with Crippen LogP contribution in [0.1, 0.15) is 38.2 Å². The fraction of sp³-hybridized carbons (Fsp3) is 0.600. The van der Waals surface area contributed by atoms with Crippen LogP contribution in [0, 0.1) is 0 Å². The lowest BCUT2D eigenvalue weighted by atomic mass is 9.84. The van der Waals surface area contributed by atoms with Gasteiger partial charge in [0.05, 0.1) is 14.2 Å². The summed E-state index contributed by atoms with van der Waals surface area (Å²) in [5.41, 5.74) is 1.40. The Kier molecular flexibility index (Phi) is 4.12. The van der Waals surface area contributed by atoms with Gasteiger partial charge in [-0.2, -0.15) is 0 Å². The number of methoxy groups -OCH3 is 2. The molecular weight excluding hydrogens is 226 g/mol. The zero-order valence-corrected chi connectivity index (χ0v) is 11.6. The van der Waals surface area contributed by atoms with E-state index in [1.54, 1.807) is 14.2 Å². The zero-order valence-electron chi connectivity index (χ0n) is 11.6. The van der Waals surface area contributed by atoms with Gasteiger partial charge in [0.25, 0.3) is 0 Å². The van der Waals surface area contributed by atoms with Crippen molar-refractivity contribution in [2.45, 2.75) is 38.1 Å². The molecule has 1 aromatic rings. The monoisotopic (exact) mass is 249 g/mol. The van der Waals surface area contributed by atoms with E-state index in [1.165, 1.54) is 24.8 Å². The molecule has 1 aliphatic rings. The smallest absolute Gasteiger partial charge is 0.122 e. The normalized spacial score (nSPS) is 23.1. The molecule has 1 unspecified atom stereocenters. The molecule has 1 fully saturated rings. The van der Waals surface area contributed by atoms with Crippen LogP contribution in [-0.2, 0) is 5.54 Å². The van der Waals surface area contributed by atoms with E-state index in [9.17, 15) is 0 Å². The zero-order chi connectivity index (χ0) is 13.0. The van der Waals surface area contributed by atoms with Crippen molar-refractivity contribution >= 4 is 0 Å². The highest BCUT2D eigenvalue weighted by molar-refractivity contribution is 5.42. The highest BCUT2D eigenvalue weighted by Crippen LogP contribution is 2.38. The minimum absolute atomic E-state index is 0.108. The first-order chi connectivity index (χ1) is 8.74. The predicted molar refractivity (Wildman–Crippen MR) is 73.4 cm³/mol. The van der Waals surface area contributed by atoms with Gasteiger partial charge in [-0.05, 0) is 43.5 Å². The molecule has 0 amide bonds. The predicted octanol–water partition coefficient (Wildman–Crippen LogP) is 3.08. The minimum atomic E-state index is 0.108. The Morgan fingerprint density at radius 3 is 2.28 bits per heavy atom. The van der Waals surface area contributed by atoms with Crippen LogP contribution in [0.2, 0.25) is 0 Å². The van der Waals surface area contributed by atoms with Crippen molar-refractivity contribution in [1.82, 2.24) is 5.32 Å². The van der Waals surface area contributed by atoms with Gasteiger partial charge in [-0.25, -0.2) is 0 Å². The van der Waals surface area contributed by atoms with Gasteiger partial charge in [-0.1, -0.05) is 13.3 Å². The van der Waals surface area contributed by atoms with Gasteiger partial charge in [-0.15, -0.1) is 0 Å². The van der Waals surface area contributed by atoms with Crippen LogP contribution in [0.4, 0.5) is 0 Å². The van der Waals surface area contributed by atoms with Crippen molar-refractivity contribution in [3.8, 4) is 11.5 Å². The van der Waals surface area contributed by atoms with Crippen LogP contribution in [-0.4, -0.2) is 20.8 Å². The fourth-order valence-electron chi connectivity index (χ4n) is 2.92. The Morgan fingerprint density at radius 1 is 1.17 bits per heavy atom. The average molecular weight is 249 g/mol. The van der Waals surface area contributed by atoms with Crippen LogP contribution in [0.3, 0.4) is 0 Å². The molecule has 0 aromatic heterocycles. The van der Waals surface area contributed by atoms with Gasteiger partial charge >= 0.3 is 0 Å². The summed E-state index contributed by atoms with van der Waals surface area (Å²) in [7, 11) is 3.40. The van der Waals surface area contributed by atoms with Gasteiger partial charge in [0.2, 0.25) is 0 Å². The summed E-state index contributed by atoms with van der Waals surface area (Å²) in [6, 6.07) is 6.20. The second kappa shape index (κ2) is 5.61. The quantitative estimate of drug-likeness (QED) is 0.870. The summed E-state index contributed by atoms with van der Waals surface area (Å²) in [6.07, 6.45) is 4.76. The van der Waals surface area contributed by atoms with Crippen LogP contribution >= 0.6 is 0 Å². The molecule has 0 spiro atoms. The molecule has 3 heteroatoms. The van der Waals surface area contributed by atoms with E-state index in [0.717, 1.165) is 24.5 Å². The summed E-state index contributed by atoms with van der Waals surface area (Å²) < 4.78 is 10.7. The SMILES string of the molecule is CCCC1(c2cc(OC)cc(OC)c2)CCCN1. The summed E-state index contributed by atoms with van der Waals surface area (Å²) in [5.74, 6) is 1.74. The molecular formula is C15H23NO2. The number of ether oxygens (including phenoxy) is 2. The first kappa shape index (κ1) is 13.2. The van der Waals surface area contributed by atoms with Gasteiger partial charge in [-0.3, -0.25) is 0 Å². The number of hydrogen-bond acceptors (Lipinski definition) is 3. The molecule has 100 valence electrons. The van der Waals surface area contributed by atoms with Crippen molar-refractivity contribution in [3.63, 3.8) is 0 Å². The van der Waals surface area contributed by atoms with Gasteiger partial charge < -0.3 is 14.8 Å². The molecule has 1 atom stereocenters. The first-order valence-electron chi connectivity index (χ1n) is 6.72. The Morgan fingerprint density at radius 2 is 1.83 bits per heavy atom. The van der Waals surface area contributed by atoms with Crippen molar-refractivity contribution in [1.29, 1.82) is 0 Å². The van der Waals surface area contributed by atoms with E-state index in [-0.39, 0.29) is 5.54 Å². The van der Waals surface area contributed by atoms with Gasteiger partial charge in [0.1, 0.15) is 11.5 Å². The second-order valence-electron chi connectivity index (χ2n) is 4.96. The Bertz CT molecular complexity index is 375. The van der Waals surface area contributed by atoms with Crippen LogP contribution in [0.5, 0.6) is 11.5 Å². The Balaban J connectivity index is 2.40. The summed E-state index contributed by atoms with van der Waals surface area (Å²) in [4.78, 5) is 0. The molecule has 1 saturated heterocycles. The van der Waals surface area contributed by atoms with Crippen molar-refractivity contribution in [3.05, 3.63) is 23.8 Å². The number of nitrogens with one attached hydrogen (secondary N) is 1. The Hall–Kier alpha value is -1.22. The molecule has 0 radical (unpaired) electrons. The second-order valence-corrected chi connectivity index (χ2v) is 4.96. The number of hydrogen-bond donors (Lipinski definition) is 1. The van der Waals surface area contributed by atoms with Crippen LogP contribution in [0.25, 0.3) is 0 Å². The van der Waals surface area contributed by atoms with E-state index in [4.69, 9.17) is 9.47 Å². The van der Waals surface area contributed by atoms with E-state index in [0.29, 0.717) is 0 Å². The topological polar surface area (TPSA) is 30.5 Å². The maximum atomic E-state index is 5.37. The highest BCUT2D eigenvalue weighted by atomic mass is 16.5. The minimum Gasteiger partial charge on any atom is -0.497 e. The van der Waals surface area contributed by atoms with E-state index >= 15 is 0 Å². The molecule has 18 heavy (non-hydrogen) atoms. The maximum Gasteiger partial charge on any atom is 0.122 e. The number of rotatable bonds is 5. The third-order valence-electron chi connectivity index (χ3n) is 3.82. The molecule has 0 bridgehead atoms. The van der Waals surface area contributed by atoms with Gasteiger partial charge in [0.15, 0.2) is 0 Å². The first-order valence-corrected chi connectivity index (χ1v) is 6.72. The van der Waals surface area contributed by atoms with E-state index in [1.807, 2.05) is 6.07 Å². The molecule has 3 nitrogen and oxygen atoms in total. The summed E-state index contributed by atoms with van der Waals surface area (Å²) in [6.45, 7) is 3.33. The summed E-state index contributed by atoms with van der Waals surface area (Å²) >= 11 is 0. The average Bonchev–Trinajstić information content (AvgIpc) is 2.88. The molecule has 1 heterocycles. The Labute approximate surface area is 109 Å². The lowest BCUT2D eigenvalue weighted by Crippen LogP contribution is -2.36. The molecule has 0 aliphatic carbocycles. The standard InChI is InChI=1S/C15H23NO2/c1-4-6-15(7-5-8-16-15)12-9-13(17-2)11-14(10-12)18-3/h9-11,16H,4-8H2,1-3H3. The van der Waals surface area contributed by atoms with E-state index < -0.39 is 0 Å². The molecule has 1 aliphatic heterocycles.